The molecule has 1 aliphatic heterocycles. The van der Waals surface area contributed by atoms with E-state index in [1.54, 1.807) is 54.6 Å². The van der Waals surface area contributed by atoms with Gasteiger partial charge in [0, 0.05) is 23.9 Å². The fraction of sp³-hybridized carbons (Fsp3) is 0.269. The standard InChI is InChI=1S/C26H26ClN5O4S2/c1-36-22-10-6-5-9-21(22)25(33)32-26(28-17-19-11-12-23(27)37-19)29-24(30-32)18-13-15-31(16-14-18)38(34,35)20-7-3-2-4-8-20/h2-12,18H,13-17H2,1H3,(H,28,29,30). The summed E-state index contributed by atoms with van der Waals surface area (Å²) in [6, 6.07) is 19.1. The molecule has 1 N–H and O–H groups in total. The van der Waals surface area contributed by atoms with Gasteiger partial charge in [-0.25, -0.2) is 8.42 Å². The highest BCUT2D eigenvalue weighted by Crippen LogP contribution is 2.31. The summed E-state index contributed by atoms with van der Waals surface area (Å²) in [5.74, 6) is 0.763. The fourth-order valence-electron chi connectivity index (χ4n) is 4.40. The number of thiophene rings is 1. The van der Waals surface area contributed by atoms with E-state index < -0.39 is 10.0 Å². The van der Waals surface area contributed by atoms with E-state index in [1.807, 2.05) is 12.1 Å². The van der Waals surface area contributed by atoms with Gasteiger partial charge in [-0.2, -0.15) is 14.0 Å². The lowest BCUT2D eigenvalue weighted by Crippen LogP contribution is -2.38. The number of nitrogens with one attached hydrogen (secondary N) is 1. The van der Waals surface area contributed by atoms with Crippen molar-refractivity contribution >= 4 is 44.8 Å². The Hall–Kier alpha value is -3.25. The minimum atomic E-state index is -3.57. The first-order chi connectivity index (χ1) is 18.4. The van der Waals surface area contributed by atoms with Crippen LogP contribution in [0.1, 0.15) is 39.8 Å². The van der Waals surface area contributed by atoms with E-state index in [4.69, 9.17) is 16.3 Å². The number of sulfonamides is 1. The Bertz CT molecular complexity index is 1530. The van der Waals surface area contributed by atoms with E-state index in [-0.39, 0.29) is 16.7 Å². The van der Waals surface area contributed by atoms with Crippen molar-refractivity contribution < 1.29 is 17.9 Å². The number of carbonyl (C=O) groups is 1. The number of para-hydroxylation sites is 1. The molecule has 38 heavy (non-hydrogen) atoms. The molecule has 198 valence electrons. The molecule has 0 unspecified atom stereocenters. The summed E-state index contributed by atoms with van der Waals surface area (Å²) in [5.41, 5.74) is 0.359. The number of rotatable bonds is 8. The number of methoxy groups -OCH3 is 1. The maximum Gasteiger partial charge on any atom is 0.285 e. The molecule has 0 atom stereocenters. The van der Waals surface area contributed by atoms with Gasteiger partial charge in [0.1, 0.15) is 5.75 Å². The highest BCUT2D eigenvalue weighted by Gasteiger charge is 2.32. The van der Waals surface area contributed by atoms with Crippen LogP contribution in [0, 0.1) is 0 Å². The molecular weight excluding hydrogens is 546 g/mol. The molecule has 9 nitrogen and oxygen atoms in total. The second kappa shape index (κ2) is 11.2. The molecule has 0 radical (unpaired) electrons. The van der Waals surface area contributed by atoms with Crippen molar-refractivity contribution in [2.45, 2.75) is 30.2 Å². The summed E-state index contributed by atoms with van der Waals surface area (Å²) in [6.07, 6.45) is 1.08. The number of aromatic nitrogens is 3. The predicted molar refractivity (Wildman–Crippen MR) is 147 cm³/mol. The number of piperidine rings is 1. The zero-order valence-electron chi connectivity index (χ0n) is 20.6. The maximum absolute atomic E-state index is 13.5. The van der Waals surface area contributed by atoms with Crippen molar-refractivity contribution in [3.63, 3.8) is 0 Å². The number of benzene rings is 2. The van der Waals surface area contributed by atoms with Gasteiger partial charge >= 0.3 is 0 Å². The second-order valence-electron chi connectivity index (χ2n) is 8.76. The third-order valence-electron chi connectivity index (χ3n) is 6.40. The topological polar surface area (TPSA) is 106 Å². The zero-order chi connectivity index (χ0) is 26.7. The van der Waals surface area contributed by atoms with Crippen LogP contribution in [0.25, 0.3) is 0 Å². The number of carbonyl (C=O) groups excluding carboxylic acids is 1. The SMILES string of the molecule is COc1ccccc1C(=O)n1nc(C2CCN(S(=O)(=O)c3ccccc3)CC2)nc1NCc1ccc(Cl)s1. The minimum absolute atomic E-state index is 0.0966. The molecule has 0 saturated carbocycles. The predicted octanol–water partition coefficient (Wildman–Crippen LogP) is 4.87. The molecule has 2 aromatic carbocycles. The molecule has 3 heterocycles. The Morgan fingerprint density at radius 1 is 1.08 bits per heavy atom. The van der Waals surface area contributed by atoms with Crippen molar-refractivity contribution in [2.24, 2.45) is 0 Å². The summed E-state index contributed by atoms with van der Waals surface area (Å²) in [5, 5.41) is 7.81. The lowest BCUT2D eigenvalue weighted by Gasteiger charge is -2.29. The molecule has 0 spiro atoms. The third-order valence-corrected chi connectivity index (χ3v) is 9.55. The summed E-state index contributed by atoms with van der Waals surface area (Å²) < 4.78 is 34.9. The van der Waals surface area contributed by atoms with Gasteiger partial charge < -0.3 is 10.1 Å². The van der Waals surface area contributed by atoms with E-state index in [0.717, 1.165) is 4.88 Å². The van der Waals surface area contributed by atoms with Crippen molar-refractivity contribution in [3.05, 3.63) is 87.3 Å². The van der Waals surface area contributed by atoms with Crippen LogP contribution in [0.4, 0.5) is 5.95 Å². The molecular formula is C26H26ClN5O4S2. The van der Waals surface area contributed by atoms with Crippen molar-refractivity contribution in [3.8, 4) is 5.75 Å². The number of hydrogen-bond acceptors (Lipinski definition) is 8. The van der Waals surface area contributed by atoms with E-state index >= 15 is 0 Å². The monoisotopic (exact) mass is 571 g/mol. The van der Waals surface area contributed by atoms with Crippen LogP contribution < -0.4 is 10.1 Å². The molecule has 0 aliphatic carbocycles. The summed E-state index contributed by atoms with van der Waals surface area (Å²) in [4.78, 5) is 19.5. The number of anilines is 1. The molecule has 2 aromatic heterocycles. The smallest absolute Gasteiger partial charge is 0.285 e. The molecule has 1 saturated heterocycles. The first kappa shape index (κ1) is 26.4. The van der Waals surface area contributed by atoms with Gasteiger partial charge in [-0.3, -0.25) is 4.79 Å². The number of hydrogen-bond donors (Lipinski definition) is 1. The van der Waals surface area contributed by atoms with E-state index in [9.17, 15) is 13.2 Å². The highest BCUT2D eigenvalue weighted by molar-refractivity contribution is 7.89. The van der Waals surface area contributed by atoms with E-state index in [1.165, 1.54) is 27.4 Å². The van der Waals surface area contributed by atoms with Crippen LogP contribution in [0.3, 0.4) is 0 Å². The lowest BCUT2D eigenvalue weighted by atomic mass is 9.98. The Morgan fingerprint density at radius 3 is 2.47 bits per heavy atom. The van der Waals surface area contributed by atoms with Crippen LogP contribution in [-0.2, 0) is 16.6 Å². The summed E-state index contributed by atoms with van der Waals surface area (Å²) in [6.45, 7) is 1.10. The summed E-state index contributed by atoms with van der Waals surface area (Å²) in [7, 11) is -2.06. The molecule has 1 aliphatic rings. The van der Waals surface area contributed by atoms with Crippen molar-refractivity contribution in [1.29, 1.82) is 0 Å². The van der Waals surface area contributed by atoms with Gasteiger partial charge in [-0.05, 0) is 49.2 Å². The van der Waals surface area contributed by atoms with Gasteiger partial charge in [-0.15, -0.1) is 16.4 Å². The first-order valence-corrected chi connectivity index (χ1v) is 14.7. The lowest BCUT2D eigenvalue weighted by molar-refractivity contribution is 0.0943. The average molecular weight is 572 g/mol. The Kier molecular flexibility index (Phi) is 7.80. The maximum atomic E-state index is 13.5. The van der Waals surface area contributed by atoms with Crippen LogP contribution in [0.5, 0.6) is 5.75 Å². The minimum Gasteiger partial charge on any atom is -0.496 e. The second-order valence-corrected chi connectivity index (χ2v) is 12.5. The van der Waals surface area contributed by atoms with Gasteiger partial charge in [0.25, 0.3) is 5.91 Å². The van der Waals surface area contributed by atoms with Gasteiger partial charge in [0.05, 0.1) is 28.4 Å². The molecule has 0 amide bonds. The third kappa shape index (κ3) is 5.46. The van der Waals surface area contributed by atoms with Gasteiger partial charge in [0.2, 0.25) is 16.0 Å². The molecule has 4 aromatic rings. The van der Waals surface area contributed by atoms with Crippen molar-refractivity contribution in [1.82, 2.24) is 19.1 Å². The zero-order valence-corrected chi connectivity index (χ0v) is 23.0. The number of ether oxygens (including phenoxy) is 1. The normalized spacial score (nSPS) is 14.9. The van der Waals surface area contributed by atoms with Crippen LogP contribution in [0.15, 0.2) is 71.6 Å². The number of nitrogens with zero attached hydrogens (tertiary/aromatic N) is 4. The average Bonchev–Trinajstić information content (AvgIpc) is 3.58. The van der Waals surface area contributed by atoms with Crippen molar-refractivity contribution in [2.75, 3.05) is 25.5 Å². The number of halogens is 1. The quantitative estimate of drug-likeness (QED) is 0.321. The molecule has 5 rings (SSSR count). The van der Waals surface area contributed by atoms with E-state index in [2.05, 4.69) is 15.4 Å². The Labute approximate surface area is 230 Å². The molecule has 12 heteroatoms. The largest absolute Gasteiger partial charge is 0.496 e. The molecule has 0 bridgehead atoms. The first-order valence-electron chi connectivity index (χ1n) is 12.0. The van der Waals surface area contributed by atoms with Crippen LogP contribution in [0.2, 0.25) is 4.34 Å². The van der Waals surface area contributed by atoms with Crippen LogP contribution >= 0.6 is 22.9 Å². The van der Waals surface area contributed by atoms with Gasteiger partial charge in [-0.1, -0.05) is 41.9 Å². The fourth-order valence-corrected chi connectivity index (χ4v) is 6.92. The highest BCUT2D eigenvalue weighted by atomic mass is 35.5. The Morgan fingerprint density at radius 2 is 1.79 bits per heavy atom. The van der Waals surface area contributed by atoms with E-state index in [0.29, 0.717) is 59.9 Å². The Balaban J connectivity index is 1.39. The summed E-state index contributed by atoms with van der Waals surface area (Å²) >= 11 is 7.51. The molecule has 1 fully saturated rings. The van der Waals surface area contributed by atoms with Crippen LogP contribution in [-0.4, -0.2) is 53.6 Å². The van der Waals surface area contributed by atoms with Gasteiger partial charge in [0.15, 0.2) is 5.82 Å².